The van der Waals surface area contributed by atoms with Gasteiger partial charge in [0.1, 0.15) is 5.82 Å². The summed E-state index contributed by atoms with van der Waals surface area (Å²) in [5.74, 6) is -1.43. The first-order valence-corrected chi connectivity index (χ1v) is 11.6. The highest BCUT2D eigenvalue weighted by atomic mass is 32.2. The number of hydrogen-bond donors (Lipinski definition) is 1. The van der Waals surface area contributed by atoms with E-state index in [2.05, 4.69) is 5.32 Å². The van der Waals surface area contributed by atoms with E-state index < -0.39 is 16.0 Å². The van der Waals surface area contributed by atoms with Crippen molar-refractivity contribution in [2.45, 2.75) is 31.1 Å². The summed E-state index contributed by atoms with van der Waals surface area (Å²) in [5, 5.41) is 2.74. The Balaban J connectivity index is 1.65. The van der Waals surface area contributed by atoms with Gasteiger partial charge in [-0.3, -0.25) is 9.59 Å². The number of halogens is 1. The van der Waals surface area contributed by atoms with E-state index in [4.69, 9.17) is 4.74 Å². The van der Waals surface area contributed by atoms with E-state index in [1.54, 1.807) is 25.1 Å². The number of sulfonamides is 1. The number of piperidine rings is 1. The number of benzene rings is 2. The highest BCUT2D eigenvalue weighted by Crippen LogP contribution is 2.27. The van der Waals surface area contributed by atoms with Gasteiger partial charge in [-0.15, -0.1) is 0 Å². The van der Waals surface area contributed by atoms with Gasteiger partial charge in [-0.25, -0.2) is 12.8 Å². The highest BCUT2D eigenvalue weighted by Gasteiger charge is 2.33. The van der Waals surface area contributed by atoms with Gasteiger partial charge in [0, 0.05) is 24.7 Å². The average molecular weight is 449 g/mol. The Morgan fingerprint density at radius 1 is 1.10 bits per heavy atom. The van der Waals surface area contributed by atoms with Gasteiger partial charge in [0.05, 0.1) is 17.9 Å². The summed E-state index contributed by atoms with van der Waals surface area (Å²) in [4.78, 5) is 24.4. The van der Waals surface area contributed by atoms with Crippen LogP contribution in [0.3, 0.4) is 0 Å². The molecular weight excluding hydrogens is 423 g/mol. The molecule has 1 saturated heterocycles. The largest absolute Gasteiger partial charge is 0.466 e. The molecule has 0 atom stereocenters. The molecule has 1 heterocycles. The summed E-state index contributed by atoms with van der Waals surface area (Å²) >= 11 is 0. The number of hydrogen-bond acceptors (Lipinski definition) is 5. The van der Waals surface area contributed by atoms with Gasteiger partial charge in [0.2, 0.25) is 15.9 Å². The molecule has 1 N–H and O–H groups in total. The molecule has 0 bridgehead atoms. The van der Waals surface area contributed by atoms with Gasteiger partial charge in [-0.1, -0.05) is 18.2 Å². The smallest absolute Gasteiger partial charge is 0.310 e. The van der Waals surface area contributed by atoms with E-state index in [1.165, 1.54) is 34.6 Å². The molecule has 2 aromatic rings. The summed E-state index contributed by atoms with van der Waals surface area (Å²) in [6, 6.07) is 11.9. The fraction of sp³-hybridized carbons (Fsp3) is 0.364. The van der Waals surface area contributed by atoms with Crippen LogP contribution in [0.5, 0.6) is 0 Å². The lowest BCUT2D eigenvalue weighted by molar-refractivity contribution is -0.142. The Kier molecular flexibility index (Phi) is 7.40. The van der Waals surface area contributed by atoms with Crippen molar-refractivity contribution < 1.29 is 27.1 Å². The molecule has 0 unspecified atom stereocenters. The number of nitrogens with zero attached hydrogens (tertiary/aromatic N) is 1. The van der Waals surface area contributed by atoms with Crippen molar-refractivity contribution in [2.24, 2.45) is 5.92 Å². The second-order valence-corrected chi connectivity index (χ2v) is 9.17. The summed E-state index contributed by atoms with van der Waals surface area (Å²) in [7, 11) is -3.81. The van der Waals surface area contributed by atoms with E-state index in [0.29, 0.717) is 24.1 Å². The van der Waals surface area contributed by atoms with Crippen LogP contribution in [0.1, 0.15) is 25.3 Å². The molecule has 166 valence electrons. The second kappa shape index (κ2) is 10.0. The van der Waals surface area contributed by atoms with Crippen molar-refractivity contribution in [3.8, 4) is 0 Å². The fourth-order valence-corrected chi connectivity index (χ4v) is 5.24. The predicted octanol–water partition coefficient (Wildman–Crippen LogP) is 2.97. The summed E-state index contributed by atoms with van der Waals surface area (Å²) in [6.45, 7) is 2.30. The average Bonchev–Trinajstić information content (AvgIpc) is 2.76. The molecule has 7 nitrogen and oxygen atoms in total. The van der Waals surface area contributed by atoms with Gasteiger partial charge in [0.25, 0.3) is 0 Å². The minimum Gasteiger partial charge on any atom is -0.466 e. The van der Waals surface area contributed by atoms with Gasteiger partial charge < -0.3 is 10.1 Å². The topological polar surface area (TPSA) is 92.8 Å². The first-order chi connectivity index (χ1) is 14.8. The second-order valence-electron chi connectivity index (χ2n) is 7.26. The summed E-state index contributed by atoms with van der Waals surface area (Å²) in [6.07, 6.45) is 0.610. The van der Waals surface area contributed by atoms with Crippen molar-refractivity contribution in [3.63, 3.8) is 0 Å². The molecule has 1 fully saturated rings. The van der Waals surface area contributed by atoms with Crippen molar-refractivity contribution in [2.75, 3.05) is 25.0 Å². The first kappa shape index (κ1) is 22.9. The lowest BCUT2D eigenvalue weighted by atomic mass is 9.97. The van der Waals surface area contributed by atoms with E-state index in [1.807, 2.05) is 0 Å². The van der Waals surface area contributed by atoms with Gasteiger partial charge in [0.15, 0.2) is 0 Å². The van der Waals surface area contributed by atoms with E-state index in [0.717, 1.165) is 0 Å². The maximum atomic E-state index is 13.2. The van der Waals surface area contributed by atoms with Crippen LogP contribution in [0.25, 0.3) is 0 Å². The number of anilines is 1. The molecule has 0 spiro atoms. The number of carbonyl (C=O) groups excluding carboxylic acids is 2. The van der Waals surface area contributed by atoms with E-state index in [-0.39, 0.29) is 48.7 Å². The standard InChI is InChI=1S/C22H25FN2O5S/c1-2-30-21(26)15-17-5-3-4-6-20(17)31(28,29)25-13-11-16(12-14-25)22(27)24-19-9-7-18(23)8-10-19/h3-10,16H,2,11-15H2,1H3,(H,24,27). The Labute approximate surface area is 181 Å². The maximum Gasteiger partial charge on any atom is 0.310 e. The number of rotatable bonds is 7. The Morgan fingerprint density at radius 3 is 2.39 bits per heavy atom. The highest BCUT2D eigenvalue weighted by molar-refractivity contribution is 7.89. The Hall–Kier alpha value is -2.78. The van der Waals surface area contributed by atoms with Gasteiger partial charge >= 0.3 is 5.97 Å². The lowest BCUT2D eigenvalue weighted by Crippen LogP contribution is -2.41. The monoisotopic (exact) mass is 448 g/mol. The molecule has 2 aromatic carbocycles. The molecule has 0 aliphatic carbocycles. The Morgan fingerprint density at radius 2 is 1.74 bits per heavy atom. The SMILES string of the molecule is CCOC(=O)Cc1ccccc1S(=O)(=O)N1CCC(C(=O)Nc2ccc(F)cc2)CC1. The number of ether oxygens (including phenoxy) is 1. The van der Waals surface area contributed by atoms with Crippen LogP contribution >= 0.6 is 0 Å². The third kappa shape index (κ3) is 5.68. The van der Waals surface area contributed by atoms with E-state index in [9.17, 15) is 22.4 Å². The predicted molar refractivity (Wildman–Crippen MR) is 113 cm³/mol. The zero-order valence-corrected chi connectivity index (χ0v) is 18.0. The molecule has 9 heteroatoms. The lowest BCUT2D eigenvalue weighted by Gasteiger charge is -2.31. The molecule has 31 heavy (non-hydrogen) atoms. The van der Waals surface area contributed by atoms with Crippen molar-refractivity contribution in [1.29, 1.82) is 0 Å². The van der Waals surface area contributed by atoms with Crippen LogP contribution < -0.4 is 5.32 Å². The minimum atomic E-state index is -3.81. The summed E-state index contributed by atoms with van der Waals surface area (Å²) in [5.41, 5.74) is 0.881. The van der Waals surface area contributed by atoms with Gasteiger partial charge in [-0.05, 0) is 55.7 Å². The molecule has 0 saturated carbocycles. The minimum absolute atomic E-state index is 0.0808. The van der Waals surface area contributed by atoms with Gasteiger partial charge in [-0.2, -0.15) is 4.31 Å². The molecule has 1 aliphatic rings. The van der Waals surface area contributed by atoms with Crippen LogP contribution in [-0.4, -0.2) is 44.3 Å². The van der Waals surface area contributed by atoms with Crippen molar-refractivity contribution in [1.82, 2.24) is 4.31 Å². The number of carbonyl (C=O) groups is 2. The van der Waals surface area contributed by atoms with Crippen molar-refractivity contribution >= 4 is 27.6 Å². The number of esters is 1. The number of nitrogens with one attached hydrogen (secondary N) is 1. The normalized spacial score (nSPS) is 15.4. The van der Waals surface area contributed by atoms with Crippen LogP contribution in [-0.2, 0) is 30.8 Å². The van der Waals surface area contributed by atoms with Crippen LogP contribution in [0.4, 0.5) is 10.1 Å². The van der Waals surface area contributed by atoms with Crippen molar-refractivity contribution in [3.05, 3.63) is 59.9 Å². The quantitative estimate of drug-likeness (QED) is 0.658. The Bertz CT molecular complexity index is 1030. The molecule has 1 amide bonds. The molecular formula is C22H25FN2O5S. The maximum absolute atomic E-state index is 13.2. The zero-order valence-electron chi connectivity index (χ0n) is 17.2. The third-order valence-corrected chi connectivity index (χ3v) is 7.17. The summed E-state index contributed by atoms with van der Waals surface area (Å²) < 4.78 is 45.7. The van der Waals surface area contributed by atoms with Crippen LogP contribution in [0.2, 0.25) is 0 Å². The number of amides is 1. The zero-order chi connectivity index (χ0) is 22.4. The first-order valence-electron chi connectivity index (χ1n) is 10.1. The van der Waals surface area contributed by atoms with Crippen LogP contribution in [0.15, 0.2) is 53.4 Å². The molecule has 1 aliphatic heterocycles. The molecule has 0 radical (unpaired) electrons. The third-order valence-electron chi connectivity index (χ3n) is 5.17. The fourth-order valence-electron chi connectivity index (χ4n) is 3.54. The molecule has 0 aromatic heterocycles. The van der Waals surface area contributed by atoms with Crippen LogP contribution in [0, 0.1) is 11.7 Å². The molecule has 3 rings (SSSR count). The van der Waals surface area contributed by atoms with E-state index >= 15 is 0 Å².